The van der Waals surface area contributed by atoms with Crippen molar-refractivity contribution in [3.8, 4) is 5.75 Å². The minimum Gasteiger partial charge on any atom is -0.494 e. The van der Waals surface area contributed by atoms with Crippen molar-refractivity contribution in [2.75, 3.05) is 24.0 Å². The molecule has 0 aliphatic carbocycles. The van der Waals surface area contributed by atoms with Crippen LogP contribution in [0.4, 0.5) is 5.69 Å². The van der Waals surface area contributed by atoms with E-state index in [1.54, 1.807) is 54.6 Å². The Labute approximate surface area is 277 Å². The van der Waals surface area contributed by atoms with Crippen molar-refractivity contribution in [3.05, 3.63) is 125 Å². The molecule has 4 aromatic rings. The van der Waals surface area contributed by atoms with E-state index in [0.29, 0.717) is 41.6 Å². The third-order valence-electron chi connectivity index (χ3n) is 7.39. The zero-order chi connectivity index (χ0) is 33.1. The lowest BCUT2D eigenvalue weighted by molar-refractivity contribution is -0.140. The molecule has 0 fully saturated rings. The van der Waals surface area contributed by atoms with Crippen molar-refractivity contribution in [1.29, 1.82) is 0 Å². The Balaban J connectivity index is 1.78. The van der Waals surface area contributed by atoms with E-state index in [4.69, 9.17) is 16.3 Å². The molecule has 1 atom stereocenters. The van der Waals surface area contributed by atoms with Gasteiger partial charge in [-0.1, -0.05) is 78.7 Å². The molecule has 1 unspecified atom stereocenters. The number of rotatable bonds is 15. The van der Waals surface area contributed by atoms with Crippen LogP contribution < -0.4 is 14.4 Å². The van der Waals surface area contributed by atoms with Crippen LogP contribution in [0.2, 0.25) is 5.02 Å². The molecular formula is C36H40ClN3O5S. The van der Waals surface area contributed by atoms with Crippen LogP contribution in [-0.4, -0.2) is 50.9 Å². The van der Waals surface area contributed by atoms with Crippen molar-refractivity contribution in [2.24, 2.45) is 0 Å². The van der Waals surface area contributed by atoms with Gasteiger partial charge in [0.05, 0.1) is 17.2 Å². The number of benzene rings is 4. The van der Waals surface area contributed by atoms with Crippen molar-refractivity contribution >= 4 is 39.1 Å². The summed E-state index contributed by atoms with van der Waals surface area (Å²) in [6, 6.07) is 28.6. The average molecular weight is 662 g/mol. The fourth-order valence-corrected chi connectivity index (χ4v) is 6.62. The second-order valence-corrected chi connectivity index (χ2v) is 13.2. The molecule has 0 heterocycles. The van der Waals surface area contributed by atoms with E-state index in [1.165, 1.54) is 17.0 Å². The first-order valence-corrected chi connectivity index (χ1v) is 17.1. The Morgan fingerprint density at radius 3 is 2.17 bits per heavy atom. The van der Waals surface area contributed by atoms with E-state index in [2.05, 4.69) is 5.32 Å². The van der Waals surface area contributed by atoms with Crippen LogP contribution in [0.15, 0.2) is 108 Å². The van der Waals surface area contributed by atoms with Gasteiger partial charge in [0, 0.05) is 24.5 Å². The number of amides is 2. The van der Waals surface area contributed by atoms with Crippen LogP contribution >= 0.6 is 11.6 Å². The molecule has 1 N–H and O–H groups in total. The van der Waals surface area contributed by atoms with Crippen molar-refractivity contribution in [3.63, 3.8) is 0 Å². The smallest absolute Gasteiger partial charge is 0.264 e. The van der Waals surface area contributed by atoms with Gasteiger partial charge in [-0.3, -0.25) is 13.9 Å². The Bertz CT molecular complexity index is 1700. The van der Waals surface area contributed by atoms with Gasteiger partial charge >= 0.3 is 0 Å². The Hall–Kier alpha value is -4.34. The molecule has 0 saturated heterocycles. The highest BCUT2D eigenvalue weighted by Crippen LogP contribution is 2.27. The SMILES string of the molecule is CCCNC(=O)C(Cc1ccccc1)N(Cc1cccc(Cl)c1)C(=O)CN(c1ccc(C)cc1)S(=O)(=O)c1ccc(OCC)cc1. The molecule has 4 aromatic carbocycles. The summed E-state index contributed by atoms with van der Waals surface area (Å²) >= 11 is 6.30. The maximum Gasteiger partial charge on any atom is 0.264 e. The van der Waals surface area contributed by atoms with Crippen molar-refractivity contribution in [2.45, 2.75) is 51.1 Å². The van der Waals surface area contributed by atoms with Crippen molar-refractivity contribution in [1.82, 2.24) is 10.2 Å². The first-order chi connectivity index (χ1) is 22.1. The maximum absolute atomic E-state index is 14.5. The fraction of sp³-hybridized carbons (Fsp3) is 0.278. The number of hydrogen-bond donors (Lipinski definition) is 1. The molecule has 0 spiro atoms. The third-order valence-corrected chi connectivity index (χ3v) is 9.41. The number of halogens is 1. The quantitative estimate of drug-likeness (QED) is 0.159. The van der Waals surface area contributed by atoms with Crippen LogP contribution in [0.1, 0.15) is 37.0 Å². The lowest BCUT2D eigenvalue weighted by Crippen LogP contribution is -2.53. The highest BCUT2D eigenvalue weighted by atomic mass is 35.5. The van der Waals surface area contributed by atoms with Crippen LogP contribution in [0, 0.1) is 6.92 Å². The maximum atomic E-state index is 14.5. The van der Waals surface area contributed by atoms with E-state index in [0.717, 1.165) is 15.4 Å². The summed E-state index contributed by atoms with van der Waals surface area (Å²) in [4.78, 5) is 29.7. The molecule has 4 rings (SSSR count). The normalized spacial score (nSPS) is 11.8. The number of aryl methyl sites for hydroxylation is 1. The van der Waals surface area contributed by atoms with Gasteiger partial charge in [0.15, 0.2) is 0 Å². The number of nitrogens with zero attached hydrogens (tertiary/aromatic N) is 2. The lowest BCUT2D eigenvalue weighted by Gasteiger charge is -2.34. The summed E-state index contributed by atoms with van der Waals surface area (Å²) in [6.45, 7) is 6.08. The largest absolute Gasteiger partial charge is 0.494 e. The second kappa shape index (κ2) is 16.3. The number of ether oxygens (including phenoxy) is 1. The summed E-state index contributed by atoms with van der Waals surface area (Å²) < 4.78 is 35.0. The number of nitrogens with one attached hydrogen (secondary N) is 1. The van der Waals surface area contributed by atoms with Crippen LogP contribution in [0.25, 0.3) is 0 Å². The van der Waals surface area contributed by atoms with E-state index in [9.17, 15) is 18.0 Å². The molecular weight excluding hydrogens is 622 g/mol. The van der Waals surface area contributed by atoms with Gasteiger partial charge in [-0.2, -0.15) is 0 Å². The number of sulfonamides is 1. The topological polar surface area (TPSA) is 96.0 Å². The number of carbonyl (C=O) groups is 2. The first-order valence-electron chi connectivity index (χ1n) is 15.3. The van der Waals surface area contributed by atoms with Gasteiger partial charge in [0.1, 0.15) is 18.3 Å². The summed E-state index contributed by atoms with van der Waals surface area (Å²) in [5.41, 5.74) is 2.83. The van der Waals surface area contributed by atoms with E-state index in [-0.39, 0.29) is 23.8 Å². The van der Waals surface area contributed by atoms with Crippen LogP contribution in [-0.2, 0) is 32.6 Å². The third kappa shape index (κ3) is 9.11. The van der Waals surface area contributed by atoms with Gasteiger partial charge in [-0.05, 0) is 79.9 Å². The zero-order valence-electron chi connectivity index (χ0n) is 26.4. The van der Waals surface area contributed by atoms with Crippen LogP contribution in [0.5, 0.6) is 5.75 Å². The summed E-state index contributed by atoms with van der Waals surface area (Å²) in [5, 5.41) is 3.43. The van der Waals surface area contributed by atoms with Gasteiger partial charge in [0.25, 0.3) is 10.0 Å². The molecule has 10 heteroatoms. The standard InChI is InChI=1S/C36H40ClN3O5S/c1-4-22-38-36(42)34(24-28-10-7-6-8-11-28)39(25-29-12-9-13-30(37)23-29)35(41)26-40(31-16-14-27(3)15-17-31)46(43,44)33-20-18-32(19-21-33)45-5-2/h6-21,23,34H,4-5,22,24-26H2,1-3H3,(H,38,42). The monoisotopic (exact) mass is 661 g/mol. The molecule has 0 aromatic heterocycles. The fourth-order valence-electron chi connectivity index (χ4n) is 4.99. The van der Waals surface area contributed by atoms with Gasteiger partial charge in [0.2, 0.25) is 11.8 Å². The molecule has 8 nitrogen and oxygen atoms in total. The predicted molar refractivity (Wildman–Crippen MR) is 183 cm³/mol. The minimum absolute atomic E-state index is 0.00671. The summed E-state index contributed by atoms with van der Waals surface area (Å²) in [7, 11) is -4.22. The lowest BCUT2D eigenvalue weighted by atomic mass is 10.0. The minimum atomic E-state index is -4.22. The average Bonchev–Trinajstić information content (AvgIpc) is 3.05. The Morgan fingerprint density at radius 1 is 0.870 bits per heavy atom. The van der Waals surface area contributed by atoms with Gasteiger partial charge < -0.3 is 15.0 Å². The molecule has 0 aliphatic rings. The molecule has 2 amide bonds. The van der Waals surface area contributed by atoms with E-state index >= 15 is 0 Å². The number of carbonyl (C=O) groups excluding carboxylic acids is 2. The number of hydrogen-bond acceptors (Lipinski definition) is 5. The molecule has 0 radical (unpaired) electrons. The van der Waals surface area contributed by atoms with Crippen molar-refractivity contribution < 1.29 is 22.7 Å². The second-order valence-electron chi connectivity index (χ2n) is 10.9. The van der Waals surface area contributed by atoms with Gasteiger partial charge in [-0.15, -0.1) is 0 Å². The van der Waals surface area contributed by atoms with Crippen LogP contribution in [0.3, 0.4) is 0 Å². The molecule has 242 valence electrons. The predicted octanol–water partition coefficient (Wildman–Crippen LogP) is 6.41. The summed E-state index contributed by atoms with van der Waals surface area (Å²) in [5.74, 6) is -0.325. The molecule has 0 aliphatic heterocycles. The van der Waals surface area contributed by atoms with E-state index < -0.39 is 28.5 Å². The highest BCUT2D eigenvalue weighted by Gasteiger charge is 2.34. The van der Waals surface area contributed by atoms with Gasteiger partial charge in [-0.25, -0.2) is 8.42 Å². The van der Waals surface area contributed by atoms with E-state index in [1.807, 2.05) is 57.2 Å². The highest BCUT2D eigenvalue weighted by molar-refractivity contribution is 7.92. The summed E-state index contributed by atoms with van der Waals surface area (Å²) in [6.07, 6.45) is 0.951. The molecule has 0 bridgehead atoms. The number of anilines is 1. The Morgan fingerprint density at radius 2 is 1.54 bits per heavy atom. The molecule has 46 heavy (non-hydrogen) atoms. The molecule has 0 saturated carbocycles. The zero-order valence-corrected chi connectivity index (χ0v) is 27.9. The Kier molecular flexibility index (Phi) is 12.2. The first kappa shape index (κ1) is 34.5.